The second kappa shape index (κ2) is 7.39. The molecule has 0 radical (unpaired) electrons. The van der Waals surface area contributed by atoms with E-state index in [-0.39, 0.29) is 5.91 Å². The van der Waals surface area contributed by atoms with Gasteiger partial charge in [-0.25, -0.2) is 4.98 Å². The van der Waals surface area contributed by atoms with Crippen LogP contribution in [0.1, 0.15) is 10.4 Å². The zero-order chi connectivity index (χ0) is 18.8. The summed E-state index contributed by atoms with van der Waals surface area (Å²) in [6.07, 6.45) is 0. The number of thiazole rings is 1. The van der Waals surface area contributed by atoms with Crippen molar-refractivity contribution in [2.24, 2.45) is 0 Å². The molecule has 0 saturated heterocycles. The molecule has 0 spiro atoms. The number of carbonyl (C=O) groups is 1. The number of hydrogen-bond acceptors (Lipinski definition) is 4. The molecule has 0 saturated carbocycles. The van der Waals surface area contributed by atoms with Gasteiger partial charge in [0.1, 0.15) is 10.8 Å². The third kappa shape index (κ3) is 3.65. The van der Waals surface area contributed by atoms with E-state index in [0.717, 1.165) is 20.8 Å². The van der Waals surface area contributed by atoms with Crippen molar-refractivity contribution in [2.75, 3.05) is 12.4 Å². The molecule has 1 aromatic heterocycles. The number of ether oxygens (including phenoxy) is 1. The van der Waals surface area contributed by atoms with Crippen molar-refractivity contribution >= 4 is 44.7 Å². The van der Waals surface area contributed by atoms with Gasteiger partial charge in [-0.15, -0.1) is 11.3 Å². The number of benzene rings is 3. The fraction of sp³-hybridized carbons (Fsp3) is 0.0476. The Bertz CT molecular complexity index is 1090. The minimum absolute atomic E-state index is 0.206. The molecule has 3 aromatic carbocycles. The molecule has 4 aromatic rings. The molecule has 0 atom stereocenters. The lowest BCUT2D eigenvalue weighted by molar-refractivity contribution is 0.102. The van der Waals surface area contributed by atoms with Crippen LogP contribution in [0.4, 0.5) is 5.69 Å². The smallest absolute Gasteiger partial charge is 0.255 e. The van der Waals surface area contributed by atoms with Crippen LogP contribution in [0.2, 0.25) is 5.02 Å². The fourth-order valence-corrected chi connectivity index (χ4v) is 3.89. The van der Waals surface area contributed by atoms with Crippen molar-refractivity contribution in [1.29, 1.82) is 0 Å². The third-order valence-electron chi connectivity index (χ3n) is 4.11. The predicted molar refractivity (Wildman–Crippen MR) is 111 cm³/mol. The lowest BCUT2D eigenvalue weighted by atomic mass is 10.1. The van der Waals surface area contributed by atoms with Crippen molar-refractivity contribution in [3.63, 3.8) is 0 Å². The SMILES string of the molecule is COc1ccc(C(=O)Nc2ccc(Cl)cc2-c2nc3ccccc3s2)cc1. The Morgan fingerprint density at radius 1 is 1.07 bits per heavy atom. The van der Waals surface area contributed by atoms with Crippen LogP contribution in [-0.2, 0) is 0 Å². The Balaban J connectivity index is 1.69. The van der Waals surface area contributed by atoms with Crippen molar-refractivity contribution in [1.82, 2.24) is 4.98 Å². The molecule has 0 unspecified atom stereocenters. The minimum atomic E-state index is -0.206. The topological polar surface area (TPSA) is 51.2 Å². The summed E-state index contributed by atoms with van der Waals surface area (Å²) in [5.41, 5.74) is 2.93. The summed E-state index contributed by atoms with van der Waals surface area (Å²) in [5.74, 6) is 0.496. The standard InChI is InChI=1S/C21H15ClN2O2S/c1-26-15-9-6-13(7-10-15)20(25)23-17-11-8-14(22)12-16(17)21-24-18-4-2-3-5-19(18)27-21/h2-12H,1H3,(H,23,25). The number of methoxy groups -OCH3 is 1. The van der Waals surface area contributed by atoms with Gasteiger partial charge in [0.2, 0.25) is 0 Å². The van der Waals surface area contributed by atoms with E-state index in [4.69, 9.17) is 16.3 Å². The van der Waals surface area contributed by atoms with Crippen molar-refractivity contribution in [3.8, 4) is 16.3 Å². The zero-order valence-electron chi connectivity index (χ0n) is 14.4. The highest BCUT2D eigenvalue weighted by molar-refractivity contribution is 7.21. The van der Waals surface area contributed by atoms with Crippen LogP contribution in [0.5, 0.6) is 5.75 Å². The number of para-hydroxylation sites is 1. The number of rotatable bonds is 4. The number of halogens is 1. The third-order valence-corrected chi connectivity index (χ3v) is 5.41. The number of carbonyl (C=O) groups excluding carboxylic acids is 1. The van der Waals surface area contributed by atoms with Gasteiger partial charge in [-0.2, -0.15) is 0 Å². The number of nitrogens with zero attached hydrogens (tertiary/aromatic N) is 1. The van der Waals surface area contributed by atoms with Crippen molar-refractivity contribution in [2.45, 2.75) is 0 Å². The molecule has 0 bridgehead atoms. The van der Waals surface area contributed by atoms with E-state index >= 15 is 0 Å². The van der Waals surface area contributed by atoms with E-state index in [9.17, 15) is 4.79 Å². The van der Waals surface area contributed by atoms with Crippen molar-refractivity contribution < 1.29 is 9.53 Å². The van der Waals surface area contributed by atoms with Gasteiger partial charge >= 0.3 is 0 Å². The second-order valence-corrected chi connectivity index (χ2v) is 7.33. The van der Waals surface area contributed by atoms with Gasteiger partial charge < -0.3 is 10.1 Å². The van der Waals surface area contributed by atoms with Crippen LogP contribution in [0.25, 0.3) is 20.8 Å². The summed E-state index contributed by atoms with van der Waals surface area (Å²) in [6.45, 7) is 0. The largest absolute Gasteiger partial charge is 0.497 e. The summed E-state index contributed by atoms with van der Waals surface area (Å²) < 4.78 is 6.22. The quantitative estimate of drug-likeness (QED) is 0.470. The molecular formula is C21H15ClN2O2S. The van der Waals surface area contributed by atoms with Crippen LogP contribution in [0.15, 0.2) is 66.7 Å². The number of fused-ring (bicyclic) bond motifs is 1. The number of anilines is 1. The first-order valence-electron chi connectivity index (χ1n) is 8.25. The highest BCUT2D eigenvalue weighted by Gasteiger charge is 2.14. The van der Waals surface area contributed by atoms with Crippen LogP contribution in [0, 0.1) is 0 Å². The average molecular weight is 395 g/mol. The molecule has 0 aliphatic rings. The molecular weight excluding hydrogens is 380 g/mol. The van der Waals surface area contributed by atoms with E-state index in [2.05, 4.69) is 10.3 Å². The highest BCUT2D eigenvalue weighted by Crippen LogP contribution is 2.36. The van der Waals surface area contributed by atoms with Gasteiger partial charge in [-0.1, -0.05) is 23.7 Å². The zero-order valence-corrected chi connectivity index (χ0v) is 16.0. The molecule has 0 aliphatic carbocycles. The van der Waals surface area contributed by atoms with Crippen LogP contribution >= 0.6 is 22.9 Å². The molecule has 4 rings (SSSR count). The Hall–Kier alpha value is -2.89. The maximum absolute atomic E-state index is 12.7. The van der Waals surface area contributed by atoms with Gasteiger partial charge in [0.25, 0.3) is 5.91 Å². The van der Waals surface area contributed by atoms with Crippen LogP contribution in [-0.4, -0.2) is 18.0 Å². The Labute approximate surface area is 165 Å². The van der Waals surface area contributed by atoms with Crippen molar-refractivity contribution in [3.05, 3.63) is 77.3 Å². The van der Waals surface area contributed by atoms with Gasteiger partial charge in [0.15, 0.2) is 0 Å². The Morgan fingerprint density at radius 3 is 2.59 bits per heavy atom. The number of hydrogen-bond donors (Lipinski definition) is 1. The summed E-state index contributed by atoms with van der Waals surface area (Å²) in [4.78, 5) is 17.3. The van der Waals surface area contributed by atoms with E-state index in [1.165, 1.54) is 0 Å². The number of aromatic nitrogens is 1. The predicted octanol–water partition coefficient (Wildman–Crippen LogP) is 5.88. The molecule has 134 valence electrons. The summed E-state index contributed by atoms with van der Waals surface area (Å²) >= 11 is 7.77. The highest BCUT2D eigenvalue weighted by atomic mass is 35.5. The average Bonchev–Trinajstić information content (AvgIpc) is 3.13. The lowest BCUT2D eigenvalue weighted by Crippen LogP contribution is -2.12. The molecule has 6 heteroatoms. The van der Waals surface area contributed by atoms with Gasteiger partial charge in [-0.05, 0) is 54.6 Å². The normalized spacial score (nSPS) is 10.7. The number of nitrogens with one attached hydrogen (secondary N) is 1. The first-order chi connectivity index (χ1) is 13.1. The van der Waals surface area contributed by atoms with E-state index in [0.29, 0.717) is 22.0 Å². The van der Waals surface area contributed by atoms with Crippen LogP contribution < -0.4 is 10.1 Å². The first-order valence-corrected chi connectivity index (χ1v) is 9.44. The molecule has 27 heavy (non-hydrogen) atoms. The Morgan fingerprint density at radius 2 is 1.85 bits per heavy atom. The first kappa shape index (κ1) is 17.5. The monoisotopic (exact) mass is 394 g/mol. The lowest BCUT2D eigenvalue weighted by Gasteiger charge is -2.10. The fourth-order valence-electron chi connectivity index (χ4n) is 2.73. The van der Waals surface area contributed by atoms with Gasteiger partial charge in [-0.3, -0.25) is 4.79 Å². The van der Waals surface area contributed by atoms with Gasteiger partial charge in [0, 0.05) is 16.1 Å². The molecule has 1 heterocycles. The molecule has 0 fully saturated rings. The Kier molecular flexibility index (Phi) is 4.79. The van der Waals surface area contributed by atoms with Gasteiger partial charge in [0.05, 0.1) is 23.0 Å². The summed E-state index contributed by atoms with van der Waals surface area (Å²) in [5, 5.41) is 4.36. The molecule has 4 nitrogen and oxygen atoms in total. The molecule has 1 N–H and O–H groups in total. The molecule has 1 amide bonds. The van der Waals surface area contributed by atoms with E-state index < -0.39 is 0 Å². The molecule has 0 aliphatic heterocycles. The summed E-state index contributed by atoms with van der Waals surface area (Å²) in [6, 6.07) is 20.3. The van der Waals surface area contributed by atoms with E-state index in [1.54, 1.807) is 54.8 Å². The maximum Gasteiger partial charge on any atom is 0.255 e. The maximum atomic E-state index is 12.7. The van der Waals surface area contributed by atoms with Crippen LogP contribution in [0.3, 0.4) is 0 Å². The van der Waals surface area contributed by atoms with E-state index in [1.807, 2.05) is 30.3 Å². The second-order valence-electron chi connectivity index (χ2n) is 5.86. The number of amides is 1. The summed E-state index contributed by atoms with van der Waals surface area (Å²) in [7, 11) is 1.59. The minimum Gasteiger partial charge on any atom is -0.497 e.